The van der Waals surface area contributed by atoms with Crippen LogP contribution in [0.2, 0.25) is 5.02 Å². The molecule has 0 bridgehead atoms. The maximum atomic E-state index is 9.20. The number of rotatable bonds is 6. The minimum absolute atomic E-state index is 0.0488. The van der Waals surface area contributed by atoms with Gasteiger partial charge in [0.25, 0.3) is 0 Å². The molecule has 1 aromatic heterocycles. The second-order valence-electron chi connectivity index (χ2n) is 4.62. The maximum Gasteiger partial charge on any atom is 0.162 e. The van der Waals surface area contributed by atoms with Gasteiger partial charge in [-0.15, -0.1) is 0 Å². The summed E-state index contributed by atoms with van der Waals surface area (Å²) in [4.78, 5) is 0. The maximum absolute atomic E-state index is 9.20. The quantitative estimate of drug-likeness (QED) is 0.891. The van der Waals surface area contributed by atoms with Crippen LogP contribution in [0.4, 0.5) is 0 Å². The standard InChI is InChI=1S/C15H19ClN2O3/c1-4-11-15(16)12(18(2)17-11)9-21-14-7-10(8-19)5-6-13(14)20-3/h5-7,19H,4,8-9H2,1-3H3. The average Bonchev–Trinajstić information content (AvgIpc) is 2.79. The van der Waals surface area contributed by atoms with Crippen molar-refractivity contribution in [3.05, 3.63) is 40.2 Å². The summed E-state index contributed by atoms with van der Waals surface area (Å²) in [6.07, 6.45) is 0.774. The molecule has 5 nitrogen and oxygen atoms in total. The first-order chi connectivity index (χ1) is 10.1. The first kappa shape index (κ1) is 15.7. The normalized spacial score (nSPS) is 10.7. The summed E-state index contributed by atoms with van der Waals surface area (Å²) in [6.45, 7) is 2.24. The van der Waals surface area contributed by atoms with Crippen molar-refractivity contribution in [3.63, 3.8) is 0 Å². The smallest absolute Gasteiger partial charge is 0.162 e. The third-order valence-electron chi connectivity index (χ3n) is 3.28. The molecule has 1 heterocycles. The van der Waals surface area contributed by atoms with E-state index in [1.807, 2.05) is 14.0 Å². The first-order valence-corrected chi connectivity index (χ1v) is 7.09. The van der Waals surface area contributed by atoms with Crippen LogP contribution in [-0.2, 0) is 26.7 Å². The predicted octanol–water partition coefficient (Wildman–Crippen LogP) is 2.72. The van der Waals surface area contributed by atoms with Gasteiger partial charge in [0.1, 0.15) is 6.61 Å². The Morgan fingerprint density at radius 3 is 2.67 bits per heavy atom. The molecule has 0 spiro atoms. The molecule has 0 aliphatic rings. The highest BCUT2D eigenvalue weighted by Crippen LogP contribution is 2.30. The third-order valence-corrected chi connectivity index (χ3v) is 3.71. The number of hydrogen-bond donors (Lipinski definition) is 1. The zero-order chi connectivity index (χ0) is 15.4. The van der Waals surface area contributed by atoms with Crippen LogP contribution >= 0.6 is 11.6 Å². The van der Waals surface area contributed by atoms with Crippen molar-refractivity contribution in [2.45, 2.75) is 26.6 Å². The summed E-state index contributed by atoms with van der Waals surface area (Å²) in [7, 11) is 3.41. The number of ether oxygens (including phenoxy) is 2. The Hall–Kier alpha value is -1.72. The largest absolute Gasteiger partial charge is 0.493 e. The molecule has 1 N–H and O–H groups in total. The third kappa shape index (κ3) is 3.31. The van der Waals surface area contributed by atoms with Gasteiger partial charge in [-0.3, -0.25) is 4.68 Å². The SMILES string of the molecule is CCc1nn(C)c(COc2cc(CO)ccc2OC)c1Cl. The predicted molar refractivity (Wildman–Crippen MR) is 80.8 cm³/mol. The molecule has 0 aliphatic carbocycles. The van der Waals surface area contributed by atoms with Crippen LogP contribution in [0.15, 0.2) is 18.2 Å². The van der Waals surface area contributed by atoms with Gasteiger partial charge in [0, 0.05) is 7.05 Å². The minimum Gasteiger partial charge on any atom is -0.493 e. The van der Waals surface area contributed by atoms with Gasteiger partial charge >= 0.3 is 0 Å². The average molecular weight is 311 g/mol. The molecule has 6 heteroatoms. The fraction of sp³-hybridized carbons (Fsp3) is 0.400. The second kappa shape index (κ2) is 6.83. The zero-order valence-corrected chi connectivity index (χ0v) is 13.1. The number of aliphatic hydroxyl groups is 1. The van der Waals surface area contributed by atoms with Crippen LogP contribution in [0.25, 0.3) is 0 Å². The van der Waals surface area contributed by atoms with E-state index in [1.54, 1.807) is 30.0 Å². The van der Waals surface area contributed by atoms with Gasteiger partial charge in [0.05, 0.1) is 30.1 Å². The Morgan fingerprint density at radius 1 is 1.33 bits per heavy atom. The summed E-state index contributed by atoms with van der Waals surface area (Å²) in [6, 6.07) is 5.31. The van der Waals surface area contributed by atoms with Crippen LogP contribution in [0.1, 0.15) is 23.9 Å². The molecule has 21 heavy (non-hydrogen) atoms. The molecule has 0 aliphatic heterocycles. The highest BCUT2D eigenvalue weighted by Gasteiger charge is 2.14. The minimum atomic E-state index is -0.0488. The Bertz CT molecular complexity index is 626. The van der Waals surface area contributed by atoms with Gasteiger partial charge in [-0.2, -0.15) is 5.10 Å². The van der Waals surface area contributed by atoms with E-state index >= 15 is 0 Å². The molecule has 0 saturated heterocycles. The number of aliphatic hydroxyl groups excluding tert-OH is 1. The molecule has 0 atom stereocenters. The van der Waals surface area contributed by atoms with E-state index in [9.17, 15) is 5.11 Å². The van der Waals surface area contributed by atoms with Crippen LogP contribution in [-0.4, -0.2) is 22.0 Å². The van der Waals surface area contributed by atoms with Crippen molar-refractivity contribution in [1.82, 2.24) is 9.78 Å². The number of halogens is 1. The van der Waals surface area contributed by atoms with Crippen LogP contribution in [0.5, 0.6) is 11.5 Å². The van der Waals surface area contributed by atoms with Gasteiger partial charge in [-0.1, -0.05) is 24.6 Å². The number of hydrogen-bond acceptors (Lipinski definition) is 4. The van der Waals surface area contributed by atoms with Gasteiger partial charge in [-0.25, -0.2) is 0 Å². The van der Waals surface area contributed by atoms with Crippen molar-refractivity contribution in [2.75, 3.05) is 7.11 Å². The Morgan fingerprint density at radius 2 is 2.10 bits per heavy atom. The molecule has 0 fully saturated rings. The molecule has 0 amide bonds. The van der Waals surface area contributed by atoms with Gasteiger partial charge < -0.3 is 14.6 Å². The Labute approximate surface area is 129 Å². The van der Waals surface area contributed by atoms with Crippen molar-refractivity contribution < 1.29 is 14.6 Å². The lowest BCUT2D eigenvalue weighted by Gasteiger charge is -2.12. The van der Waals surface area contributed by atoms with E-state index < -0.39 is 0 Å². The lowest BCUT2D eigenvalue weighted by Crippen LogP contribution is -2.04. The number of aryl methyl sites for hydroxylation is 2. The van der Waals surface area contributed by atoms with Crippen molar-refractivity contribution in [2.24, 2.45) is 7.05 Å². The van der Waals surface area contributed by atoms with Crippen molar-refractivity contribution in [3.8, 4) is 11.5 Å². The van der Waals surface area contributed by atoms with Gasteiger partial charge in [0.2, 0.25) is 0 Å². The molecule has 2 aromatic rings. The van der Waals surface area contributed by atoms with Gasteiger partial charge in [-0.05, 0) is 24.1 Å². The van der Waals surface area contributed by atoms with Crippen LogP contribution in [0, 0.1) is 0 Å². The number of methoxy groups -OCH3 is 1. The molecular formula is C15H19ClN2O3. The fourth-order valence-electron chi connectivity index (χ4n) is 2.06. The summed E-state index contributed by atoms with van der Waals surface area (Å²) in [5.41, 5.74) is 2.43. The first-order valence-electron chi connectivity index (χ1n) is 6.71. The number of benzene rings is 1. The topological polar surface area (TPSA) is 56.5 Å². The fourth-order valence-corrected chi connectivity index (χ4v) is 2.40. The molecule has 114 valence electrons. The monoisotopic (exact) mass is 310 g/mol. The lowest BCUT2D eigenvalue weighted by molar-refractivity contribution is 0.267. The molecular weight excluding hydrogens is 292 g/mol. The molecule has 2 rings (SSSR count). The summed E-state index contributed by atoms with van der Waals surface area (Å²) in [5, 5.41) is 14.2. The van der Waals surface area contributed by atoms with E-state index in [4.69, 9.17) is 21.1 Å². The number of aromatic nitrogens is 2. The second-order valence-corrected chi connectivity index (χ2v) is 4.99. The molecule has 1 aromatic carbocycles. The van der Waals surface area contributed by atoms with E-state index in [0.717, 1.165) is 23.4 Å². The van der Waals surface area contributed by atoms with E-state index in [2.05, 4.69) is 5.10 Å². The Kier molecular flexibility index (Phi) is 5.09. The highest BCUT2D eigenvalue weighted by atomic mass is 35.5. The highest BCUT2D eigenvalue weighted by molar-refractivity contribution is 6.31. The van der Waals surface area contributed by atoms with Gasteiger partial charge in [0.15, 0.2) is 11.5 Å². The molecule has 0 saturated carbocycles. The van der Waals surface area contributed by atoms with Crippen molar-refractivity contribution in [1.29, 1.82) is 0 Å². The molecule has 0 unspecified atom stereocenters. The van der Waals surface area contributed by atoms with E-state index in [1.165, 1.54) is 0 Å². The lowest BCUT2D eigenvalue weighted by atomic mass is 10.2. The summed E-state index contributed by atoms with van der Waals surface area (Å²) >= 11 is 6.29. The zero-order valence-electron chi connectivity index (χ0n) is 12.4. The Balaban J connectivity index is 2.21. The van der Waals surface area contributed by atoms with Crippen LogP contribution in [0.3, 0.4) is 0 Å². The number of nitrogens with zero attached hydrogens (tertiary/aromatic N) is 2. The van der Waals surface area contributed by atoms with E-state index in [0.29, 0.717) is 16.5 Å². The van der Waals surface area contributed by atoms with E-state index in [-0.39, 0.29) is 13.2 Å². The molecule has 0 radical (unpaired) electrons. The van der Waals surface area contributed by atoms with Crippen molar-refractivity contribution >= 4 is 11.6 Å². The summed E-state index contributed by atoms with van der Waals surface area (Å²) < 4.78 is 12.8. The van der Waals surface area contributed by atoms with Crippen LogP contribution < -0.4 is 9.47 Å². The summed E-state index contributed by atoms with van der Waals surface area (Å²) in [5.74, 6) is 1.18.